The van der Waals surface area contributed by atoms with E-state index < -0.39 is 0 Å². The topological polar surface area (TPSA) is 9.23 Å². The third kappa shape index (κ3) is 1.67. The van der Waals surface area contributed by atoms with Gasteiger partial charge in [0.15, 0.2) is 0 Å². The summed E-state index contributed by atoms with van der Waals surface area (Å²) in [6.45, 7) is 0.688. The maximum Gasteiger partial charge on any atom is 0.126 e. The van der Waals surface area contributed by atoms with E-state index in [0.717, 1.165) is 23.3 Å². The Morgan fingerprint density at radius 1 is 1.38 bits per heavy atom. The lowest BCUT2D eigenvalue weighted by molar-refractivity contribution is 0.316. The van der Waals surface area contributed by atoms with Crippen LogP contribution < -0.4 is 4.74 Å². The molecule has 1 aromatic carbocycles. The van der Waals surface area contributed by atoms with Gasteiger partial charge in [-0.2, -0.15) is 0 Å². The second-order valence-corrected chi connectivity index (χ2v) is 3.53. The van der Waals surface area contributed by atoms with E-state index in [1.165, 1.54) is 0 Å². The van der Waals surface area contributed by atoms with E-state index in [0.29, 0.717) is 11.6 Å². The van der Waals surface area contributed by atoms with Gasteiger partial charge in [-0.1, -0.05) is 23.2 Å². The quantitative estimate of drug-likeness (QED) is 0.641. The number of hydrogen-bond acceptors (Lipinski definition) is 1. The van der Waals surface area contributed by atoms with Crippen LogP contribution >= 0.6 is 23.2 Å². The monoisotopic (exact) mass is 214 g/mol. The lowest BCUT2D eigenvalue weighted by Gasteiger charge is -2.19. The van der Waals surface area contributed by atoms with Crippen molar-refractivity contribution in [2.75, 3.05) is 6.61 Å². The Labute approximate surface area is 86.9 Å². The van der Waals surface area contributed by atoms with Gasteiger partial charge in [-0.25, -0.2) is 0 Å². The molecule has 0 bridgehead atoms. The van der Waals surface area contributed by atoms with Gasteiger partial charge in [-0.05, 0) is 23.8 Å². The zero-order chi connectivity index (χ0) is 9.26. The number of rotatable bonds is 0. The van der Waals surface area contributed by atoms with Crippen molar-refractivity contribution in [1.82, 2.24) is 0 Å². The normalized spacial score (nSPS) is 18.2. The van der Waals surface area contributed by atoms with Crippen molar-refractivity contribution >= 4 is 28.8 Å². The molecule has 0 aromatic heterocycles. The first-order valence-corrected chi connectivity index (χ1v) is 4.84. The minimum Gasteiger partial charge on any atom is -0.493 e. The fourth-order valence-corrected chi connectivity index (χ4v) is 1.80. The zero-order valence-electron chi connectivity index (χ0n) is 6.89. The molecule has 0 saturated carbocycles. The van der Waals surface area contributed by atoms with E-state index in [1.807, 2.05) is 18.2 Å². The van der Waals surface area contributed by atoms with Crippen LogP contribution in [0.5, 0.6) is 5.75 Å². The Balaban J connectivity index is 2.54. The standard InChI is InChI=1S/C10H8Cl2O/c11-6-7-3-4-13-10-2-1-8(12)5-9(7)10/h1-2,5-6H,3-4H2/b7-6-. The summed E-state index contributed by atoms with van der Waals surface area (Å²) in [6.07, 6.45) is 0.844. The van der Waals surface area contributed by atoms with Crippen LogP contribution in [0.4, 0.5) is 0 Å². The van der Waals surface area contributed by atoms with E-state index in [1.54, 1.807) is 5.54 Å². The van der Waals surface area contributed by atoms with E-state index in [4.69, 9.17) is 27.9 Å². The number of halogens is 2. The number of benzene rings is 1. The van der Waals surface area contributed by atoms with Crippen LogP contribution in [-0.2, 0) is 0 Å². The summed E-state index contributed by atoms with van der Waals surface area (Å²) in [5.41, 5.74) is 3.69. The first-order chi connectivity index (χ1) is 6.31. The molecule has 0 N–H and O–H groups in total. The third-order valence-corrected chi connectivity index (χ3v) is 2.55. The Morgan fingerprint density at radius 2 is 2.23 bits per heavy atom. The summed E-state index contributed by atoms with van der Waals surface area (Å²) >= 11 is 11.6. The summed E-state index contributed by atoms with van der Waals surface area (Å²) < 4.78 is 5.45. The maximum absolute atomic E-state index is 5.87. The molecule has 1 aliphatic rings. The average molecular weight is 215 g/mol. The highest BCUT2D eigenvalue weighted by Gasteiger charge is 2.14. The van der Waals surface area contributed by atoms with Gasteiger partial charge in [-0.15, -0.1) is 0 Å². The average Bonchev–Trinajstić information content (AvgIpc) is 2.17. The summed E-state index contributed by atoms with van der Waals surface area (Å²) in [5.74, 6) is 0.863. The Kier molecular flexibility index (Phi) is 2.47. The van der Waals surface area contributed by atoms with Crippen molar-refractivity contribution < 1.29 is 4.74 Å². The number of fused-ring (bicyclic) bond motifs is 1. The second-order valence-electron chi connectivity index (χ2n) is 2.87. The maximum atomic E-state index is 5.87. The molecule has 0 atom stereocenters. The number of ether oxygens (including phenoxy) is 1. The molecule has 0 saturated heterocycles. The van der Waals surface area contributed by atoms with Gasteiger partial charge in [0, 0.05) is 22.5 Å². The van der Waals surface area contributed by atoms with Crippen LogP contribution in [0.15, 0.2) is 23.7 Å². The Bertz CT molecular complexity index is 358. The molecule has 0 fully saturated rings. The molecule has 1 aliphatic heterocycles. The fourth-order valence-electron chi connectivity index (χ4n) is 1.40. The predicted octanol–water partition coefficient (Wildman–Crippen LogP) is 3.70. The van der Waals surface area contributed by atoms with Crippen LogP contribution in [0.2, 0.25) is 5.02 Å². The van der Waals surface area contributed by atoms with Crippen LogP contribution in [0, 0.1) is 0 Å². The van der Waals surface area contributed by atoms with Crippen molar-refractivity contribution in [2.24, 2.45) is 0 Å². The van der Waals surface area contributed by atoms with E-state index in [-0.39, 0.29) is 0 Å². The van der Waals surface area contributed by atoms with Gasteiger partial charge in [0.05, 0.1) is 6.61 Å². The molecule has 0 amide bonds. The highest BCUT2D eigenvalue weighted by atomic mass is 35.5. The molecule has 1 aromatic rings. The molecule has 0 unspecified atom stereocenters. The molecule has 1 heterocycles. The van der Waals surface area contributed by atoms with Gasteiger partial charge in [-0.3, -0.25) is 0 Å². The molecule has 68 valence electrons. The van der Waals surface area contributed by atoms with Crippen LogP contribution in [0.1, 0.15) is 12.0 Å². The van der Waals surface area contributed by atoms with E-state index in [2.05, 4.69) is 0 Å². The van der Waals surface area contributed by atoms with Crippen molar-refractivity contribution in [3.8, 4) is 5.75 Å². The van der Waals surface area contributed by atoms with Crippen LogP contribution in [0.3, 0.4) is 0 Å². The zero-order valence-corrected chi connectivity index (χ0v) is 8.40. The SMILES string of the molecule is Cl/C=C1/CCOc2ccc(Cl)cc21. The second kappa shape index (κ2) is 3.60. The van der Waals surface area contributed by atoms with Crippen molar-refractivity contribution in [3.63, 3.8) is 0 Å². The van der Waals surface area contributed by atoms with Gasteiger partial charge in [0.1, 0.15) is 5.75 Å². The molecular formula is C10H8Cl2O. The summed E-state index contributed by atoms with van der Waals surface area (Å²) in [7, 11) is 0. The lowest BCUT2D eigenvalue weighted by Crippen LogP contribution is -2.07. The fraction of sp³-hybridized carbons (Fsp3) is 0.200. The van der Waals surface area contributed by atoms with Gasteiger partial charge >= 0.3 is 0 Å². The molecule has 1 nitrogen and oxygen atoms in total. The summed E-state index contributed by atoms with van der Waals surface area (Å²) in [6, 6.07) is 5.57. The minimum absolute atomic E-state index is 0.688. The highest BCUT2D eigenvalue weighted by molar-refractivity contribution is 6.31. The van der Waals surface area contributed by atoms with Gasteiger partial charge in [0.25, 0.3) is 0 Å². The van der Waals surface area contributed by atoms with E-state index >= 15 is 0 Å². The largest absolute Gasteiger partial charge is 0.493 e. The van der Waals surface area contributed by atoms with Crippen molar-refractivity contribution in [2.45, 2.75) is 6.42 Å². The van der Waals surface area contributed by atoms with Gasteiger partial charge in [0.2, 0.25) is 0 Å². The first kappa shape index (κ1) is 8.92. The molecule has 0 radical (unpaired) electrons. The summed E-state index contributed by atoms with van der Waals surface area (Å²) in [4.78, 5) is 0. The highest BCUT2D eigenvalue weighted by Crippen LogP contribution is 2.34. The molecular weight excluding hydrogens is 207 g/mol. The van der Waals surface area contributed by atoms with Crippen LogP contribution in [-0.4, -0.2) is 6.61 Å². The van der Waals surface area contributed by atoms with E-state index in [9.17, 15) is 0 Å². The van der Waals surface area contributed by atoms with Gasteiger partial charge < -0.3 is 4.74 Å². The molecule has 0 aliphatic carbocycles. The Morgan fingerprint density at radius 3 is 3.00 bits per heavy atom. The molecule has 2 rings (SSSR count). The Hall–Kier alpha value is -0.660. The molecule has 3 heteroatoms. The van der Waals surface area contributed by atoms with Crippen LogP contribution in [0.25, 0.3) is 5.57 Å². The first-order valence-electron chi connectivity index (χ1n) is 4.03. The number of hydrogen-bond donors (Lipinski definition) is 0. The third-order valence-electron chi connectivity index (χ3n) is 2.05. The minimum atomic E-state index is 0.688. The molecule has 13 heavy (non-hydrogen) atoms. The summed E-state index contributed by atoms with van der Waals surface area (Å²) in [5, 5.41) is 0.709. The van der Waals surface area contributed by atoms with Crippen molar-refractivity contribution in [1.29, 1.82) is 0 Å². The van der Waals surface area contributed by atoms with Crippen molar-refractivity contribution in [3.05, 3.63) is 34.3 Å². The predicted molar refractivity (Wildman–Crippen MR) is 55.4 cm³/mol. The smallest absolute Gasteiger partial charge is 0.126 e. The molecule has 0 spiro atoms. The lowest BCUT2D eigenvalue weighted by atomic mass is 10.0.